The zero-order valence-electron chi connectivity index (χ0n) is 13.8. The van der Waals surface area contributed by atoms with Crippen molar-refractivity contribution < 1.29 is 8.42 Å². The second-order valence-electron chi connectivity index (χ2n) is 6.12. The van der Waals surface area contributed by atoms with Gasteiger partial charge in [-0.2, -0.15) is 0 Å². The molecule has 0 spiro atoms. The fourth-order valence-corrected chi connectivity index (χ4v) is 5.39. The Bertz CT molecular complexity index is 1070. The van der Waals surface area contributed by atoms with Gasteiger partial charge < -0.3 is 10.2 Å². The Morgan fingerprint density at radius 3 is 2.46 bits per heavy atom. The molecule has 1 fully saturated rings. The van der Waals surface area contributed by atoms with Gasteiger partial charge in [-0.3, -0.25) is 0 Å². The highest BCUT2D eigenvalue weighted by molar-refractivity contribution is 7.90. The summed E-state index contributed by atoms with van der Waals surface area (Å²) in [6.45, 7) is 3.59. The van der Waals surface area contributed by atoms with E-state index in [4.69, 9.17) is 23.2 Å². The monoisotopic (exact) mass is 409 g/mol. The molecule has 4 rings (SSSR count). The largest absolute Gasteiger partial charge is 0.368 e. The minimum atomic E-state index is -3.85. The maximum atomic E-state index is 13.2. The van der Waals surface area contributed by atoms with Gasteiger partial charge in [-0.25, -0.2) is 12.4 Å². The summed E-state index contributed by atoms with van der Waals surface area (Å²) < 4.78 is 27.6. The number of hydrogen-bond acceptors (Lipinski definition) is 4. The molecule has 2 heterocycles. The topological polar surface area (TPSA) is 54.3 Å². The second-order valence-corrected chi connectivity index (χ2v) is 8.68. The van der Waals surface area contributed by atoms with Gasteiger partial charge in [0.05, 0.1) is 15.6 Å². The molecule has 1 N–H and O–H groups in total. The van der Waals surface area contributed by atoms with Gasteiger partial charge in [0.1, 0.15) is 4.90 Å². The van der Waals surface area contributed by atoms with Gasteiger partial charge in [0.15, 0.2) is 0 Å². The first kappa shape index (κ1) is 17.7. The van der Waals surface area contributed by atoms with Crippen LogP contribution in [0.5, 0.6) is 0 Å². The van der Waals surface area contributed by atoms with Crippen molar-refractivity contribution in [3.8, 4) is 0 Å². The molecule has 0 radical (unpaired) electrons. The molecule has 0 bridgehead atoms. The van der Waals surface area contributed by atoms with Crippen LogP contribution in [0.1, 0.15) is 0 Å². The van der Waals surface area contributed by atoms with Crippen molar-refractivity contribution in [2.75, 3.05) is 31.1 Å². The molecule has 26 heavy (non-hydrogen) atoms. The zero-order valence-corrected chi connectivity index (χ0v) is 16.2. The number of benzene rings is 2. The number of nitrogens with zero attached hydrogens (tertiary/aromatic N) is 2. The quantitative estimate of drug-likeness (QED) is 0.717. The maximum absolute atomic E-state index is 13.2. The lowest BCUT2D eigenvalue weighted by molar-refractivity contribution is 0.589. The molecular formula is C18H17Cl2N3O2S. The van der Waals surface area contributed by atoms with Crippen LogP contribution in [0.25, 0.3) is 10.9 Å². The molecule has 1 aliphatic rings. The van der Waals surface area contributed by atoms with E-state index < -0.39 is 10.0 Å². The first-order valence-electron chi connectivity index (χ1n) is 8.25. The third kappa shape index (κ3) is 2.87. The van der Waals surface area contributed by atoms with Crippen LogP contribution in [-0.4, -0.2) is 38.6 Å². The summed E-state index contributed by atoms with van der Waals surface area (Å²) in [5.41, 5.74) is 1.66. The van der Waals surface area contributed by atoms with Crippen molar-refractivity contribution in [2.24, 2.45) is 0 Å². The van der Waals surface area contributed by atoms with Crippen LogP contribution in [-0.2, 0) is 10.0 Å². The molecule has 1 aliphatic heterocycles. The SMILES string of the molecule is O=S(=O)(c1cccc(Cl)c1Cl)n1ccc2c(N3CCNCC3)cccc21. The Morgan fingerprint density at radius 2 is 1.69 bits per heavy atom. The van der Waals surface area contributed by atoms with Gasteiger partial charge in [0.25, 0.3) is 10.0 Å². The highest BCUT2D eigenvalue weighted by atomic mass is 35.5. The Kier molecular flexibility index (Phi) is 4.61. The third-order valence-corrected chi connectivity index (χ3v) is 7.25. The van der Waals surface area contributed by atoms with Crippen molar-refractivity contribution in [1.82, 2.24) is 9.29 Å². The van der Waals surface area contributed by atoms with E-state index >= 15 is 0 Å². The van der Waals surface area contributed by atoms with E-state index in [1.54, 1.807) is 24.4 Å². The summed E-state index contributed by atoms with van der Waals surface area (Å²) in [5.74, 6) is 0. The zero-order chi connectivity index (χ0) is 18.3. The summed E-state index contributed by atoms with van der Waals surface area (Å²) in [5, 5.41) is 4.47. The van der Waals surface area contributed by atoms with Crippen molar-refractivity contribution in [1.29, 1.82) is 0 Å². The molecule has 5 nitrogen and oxygen atoms in total. The van der Waals surface area contributed by atoms with Gasteiger partial charge in [-0.15, -0.1) is 0 Å². The Labute approximate surface area is 162 Å². The number of hydrogen-bond donors (Lipinski definition) is 1. The summed E-state index contributed by atoms with van der Waals surface area (Å²) >= 11 is 12.2. The maximum Gasteiger partial charge on any atom is 0.269 e. The van der Waals surface area contributed by atoms with Gasteiger partial charge >= 0.3 is 0 Å². The van der Waals surface area contributed by atoms with Crippen molar-refractivity contribution in [3.63, 3.8) is 0 Å². The van der Waals surface area contributed by atoms with Crippen LogP contribution >= 0.6 is 23.2 Å². The fourth-order valence-electron chi connectivity index (χ4n) is 3.31. The number of piperazine rings is 1. The number of halogens is 2. The molecular weight excluding hydrogens is 393 g/mol. The van der Waals surface area contributed by atoms with E-state index in [1.807, 2.05) is 18.2 Å². The molecule has 1 saturated heterocycles. The van der Waals surface area contributed by atoms with E-state index in [9.17, 15) is 8.42 Å². The van der Waals surface area contributed by atoms with Gasteiger partial charge in [0.2, 0.25) is 0 Å². The Morgan fingerprint density at radius 1 is 0.962 bits per heavy atom. The minimum Gasteiger partial charge on any atom is -0.368 e. The normalized spacial score (nSPS) is 15.5. The second kappa shape index (κ2) is 6.78. The molecule has 1 aromatic heterocycles. The summed E-state index contributed by atoms with van der Waals surface area (Å²) in [6.07, 6.45) is 1.57. The Balaban J connectivity index is 1.86. The molecule has 0 aliphatic carbocycles. The van der Waals surface area contributed by atoms with E-state index in [0.29, 0.717) is 5.52 Å². The van der Waals surface area contributed by atoms with Crippen LogP contribution in [0.3, 0.4) is 0 Å². The molecule has 3 aromatic rings. The van der Waals surface area contributed by atoms with Crippen LogP contribution in [0, 0.1) is 0 Å². The van der Waals surface area contributed by atoms with Crippen LogP contribution in [0.4, 0.5) is 5.69 Å². The molecule has 0 amide bonds. The summed E-state index contributed by atoms with van der Waals surface area (Å²) in [4.78, 5) is 2.26. The average Bonchev–Trinajstić information content (AvgIpc) is 3.09. The van der Waals surface area contributed by atoms with Crippen LogP contribution in [0.15, 0.2) is 53.6 Å². The third-order valence-electron chi connectivity index (χ3n) is 4.58. The van der Waals surface area contributed by atoms with Crippen LogP contribution < -0.4 is 10.2 Å². The standard InChI is InChI=1S/C18H17Cl2N3O2S/c19-14-3-1-6-17(18(14)20)26(24,25)23-10-7-13-15(4-2-5-16(13)23)22-11-8-21-9-12-22/h1-7,10,21H,8-9,11-12H2. The number of nitrogens with one attached hydrogen (secondary N) is 1. The highest BCUT2D eigenvalue weighted by Crippen LogP contribution is 2.34. The van der Waals surface area contributed by atoms with Crippen molar-refractivity contribution >= 4 is 49.8 Å². The molecule has 136 valence electrons. The predicted octanol–water partition coefficient (Wildman–Crippen LogP) is 3.59. The van der Waals surface area contributed by atoms with E-state index in [2.05, 4.69) is 10.2 Å². The molecule has 2 aromatic carbocycles. The average molecular weight is 410 g/mol. The first-order valence-corrected chi connectivity index (χ1v) is 10.4. The first-order chi connectivity index (χ1) is 12.5. The lowest BCUT2D eigenvalue weighted by Crippen LogP contribution is -2.43. The van der Waals surface area contributed by atoms with Crippen molar-refractivity contribution in [2.45, 2.75) is 4.90 Å². The molecule has 0 unspecified atom stereocenters. The van der Waals surface area contributed by atoms with Gasteiger partial charge in [0, 0.05) is 43.4 Å². The van der Waals surface area contributed by atoms with Crippen LogP contribution in [0.2, 0.25) is 10.0 Å². The van der Waals surface area contributed by atoms with Gasteiger partial charge in [-0.05, 0) is 30.3 Å². The lowest BCUT2D eigenvalue weighted by atomic mass is 10.2. The van der Waals surface area contributed by atoms with Gasteiger partial charge in [-0.1, -0.05) is 35.3 Å². The molecule has 0 saturated carbocycles. The minimum absolute atomic E-state index is 0.00302. The number of rotatable bonds is 3. The molecule has 0 atom stereocenters. The number of fused-ring (bicyclic) bond motifs is 1. The Hall–Kier alpha value is -1.73. The van der Waals surface area contributed by atoms with Crippen molar-refractivity contribution in [3.05, 3.63) is 58.7 Å². The molecule has 8 heteroatoms. The lowest BCUT2D eigenvalue weighted by Gasteiger charge is -2.30. The predicted molar refractivity (Wildman–Crippen MR) is 106 cm³/mol. The van der Waals surface area contributed by atoms with E-state index in [1.165, 1.54) is 10.0 Å². The van der Waals surface area contributed by atoms with E-state index in [0.717, 1.165) is 37.3 Å². The fraction of sp³-hybridized carbons (Fsp3) is 0.222. The summed E-state index contributed by atoms with van der Waals surface area (Å²) in [6, 6.07) is 12.2. The number of anilines is 1. The summed E-state index contributed by atoms with van der Waals surface area (Å²) in [7, 11) is -3.85. The smallest absolute Gasteiger partial charge is 0.269 e. The highest BCUT2D eigenvalue weighted by Gasteiger charge is 2.24. The van der Waals surface area contributed by atoms with E-state index in [-0.39, 0.29) is 14.9 Å². The number of aromatic nitrogens is 1.